The van der Waals surface area contributed by atoms with Crippen LogP contribution in [0.2, 0.25) is 0 Å². The molecule has 0 atom stereocenters. The molecule has 0 saturated heterocycles. The number of nitro groups is 1. The molecule has 1 heterocycles. The minimum Gasteiger partial charge on any atom is -0.478 e. The van der Waals surface area contributed by atoms with Gasteiger partial charge in [-0.2, -0.15) is 0 Å². The van der Waals surface area contributed by atoms with Crippen LogP contribution in [0.3, 0.4) is 0 Å². The number of carboxylic acids is 1. The molecular formula is C16H11N3O5. The smallest absolute Gasteiger partial charge is 0.336 e. The van der Waals surface area contributed by atoms with Gasteiger partial charge in [0.05, 0.1) is 16.1 Å². The van der Waals surface area contributed by atoms with Crippen LogP contribution in [0.1, 0.15) is 15.9 Å². The highest BCUT2D eigenvalue weighted by atomic mass is 16.6. The fourth-order valence-corrected chi connectivity index (χ4v) is 2.30. The summed E-state index contributed by atoms with van der Waals surface area (Å²) >= 11 is 0. The van der Waals surface area contributed by atoms with E-state index in [2.05, 4.69) is 10.2 Å². The van der Waals surface area contributed by atoms with Crippen LogP contribution in [-0.2, 0) is 0 Å². The van der Waals surface area contributed by atoms with Crippen molar-refractivity contribution < 1.29 is 19.2 Å². The van der Waals surface area contributed by atoms with Gasteiger partial charge in [0, 0.05) is 17.7 Å². The van der Waals surface area contributed by atoms with Crippen molar-refractivity contribution in [2.45, 2.75) is 6.92 Å². The number of hydrogen-bond acceptors (Lipinski definition) is 6. The summed E-state index contributed by atoms with van der Waals surface area (Å²) in [6.07, 6.45) is 0. The highest BCUT2D eigenvalue weighted by Gasteiger charge is 2.18. The Hall–Kier alpha value is -3.55. The first kappa shape index (κ1) is 15.3. The van der Waals surface area contributed by atoms with E-state index in [1.807, 2.05) is 0 Å². The standard InChI is InChI=1S/C16H11N3O5/c1-9-8-10(19(22)23)6-7-11(9)14-17-18-15(24-14)12-4-2-3-5-13(12)16(20)21/h2-8H,1H3,(H,20,21). The van der Waals surface area contributed by atoms with Crippen molar-refractivity contribution in [1.29, 1.82) is 0 Å². The van der Waals surface area contributed by atoms with Gasteiger partial charge in [0.2, 0.25) is 11.8 Å². The molecule has 0 aliphatic carbocycles. The molecule has 8 heteroatoms. The number of carbonyl (C=O) groups is 1. The van der Waals surface area contributed by atoms with Gasteiger partial charge in [-0.05, 0) is 30.7 Å². The van der Waals surface area contributed by atoms with Crippen molar-refractivity contribution >= 4 is 11.7 Å². The Balaban J connectivity index is 2.03. The minimum atomic E-state index is -1.10. The summed E-state index contributed by atoms with van der Waals surface area (Å²) in [5.41, 5.74) is 1.47. The lowest BCUT2D eigenvalue weighted by Gasteiger charge is -2.01. The largest absolute Gasteiger partial charge is 0.478 e. The van der Waals surface area contributed by atoms with Gasteiger partial charge in [0.25, 0.3) is 5.69 Å². The number of aryl methyl sites for hydroxylation is 1. The molecule has 3 aromatic rings. The van der Waals surface area contributed by atoms with Crippen molar-refractivity contribution in [3.63, 3.8) is 0 Å². The lowest BCUT2D eigenvalue weighted by Crippen LogP contribution is -1.99. The first-order valence-electron chi connectivity index (χ1n) is 6.89. The fourth-order valence-electron chi connectivity index (χ4n) is 2.30. The molecule has 0 aliphatic rings. The molecule has 0 saturated carbocycles. The van der Waals surface area contributed by atoms with Crippen molar-refractivity contribution in [2.24, 2.45) is 0 Å². The van der Waals surface area contributed by atoms with Crippen LogP contribution < -0.4 is 0 Å². The maximum atomic E-state index is 11.3. The Morgan fingerprint density at radius 1 is 1.12 bits per heavy atom. The second-order valence-corrected chi connectivity index (χ2v) is 5.02. The Bertz CT molecular complexity index is 948. The van der Waals surface area contributed by atoms with Crippen LogP contribution in [0.4, 0.5) is 5.69 Å². The molecule has 0 radical (unpaired) electrons. The van der Waals surface area contributed by atoms with Gasteiger partial charge in [-0.15, -0.1) is 10.2 Å². The first-order chi connectivity index (χ1) is 11.5. The van der Waals surface area contributed by atoms with E-state index in [9.17, 15) is 20.0 Å². The molecule has 120 valence electrons. The number of nitro benzene ring substituents is 1. The van der Waals surface area contributed by atoms with Crippen molar-refractivity contribution in [2.75, 3.05) is 0 Å². The number of nitrogens with zero attached hydrogens (tertiary/aromatic N) is 3. The van der Waals surface area contributed by atoms with Gasteiger partial charge in [-0.1, -0.05) is 12.1 Å². The Kier molecular flexibility index (Phi) is 3.78. The third-order valence-electron chi connectivity index (χ3n) is 3.46. The summed E-state index contributed by atoms with van der Waals surface area (Å²) in [7, 11) is 0. The van der Waals surface area contributed by atoms with E-state index in [0.717, 1.165) is 0 Å². The molecule has 0 unspecified atom stereocenters. The average molecular weight is 325 g/mol. The third kappa shape index (κ3) is 2.72. The first-order valence-corrected chi connectivity index (χ1v) is 6.89. The molecule has 2 aromatic carbocycles. The van der Waals surface area contributed by atoms with Crippen LogP contribution in [0, 0.1) is 17.0 Å². The van der Waals surface area contributed by atoms with Crippen molar-refractivity contribution in [3.05, 3.63) is 63.7 Å². The Labute approximate surface area is 135 Å². The highest BCUT2D eigenvalue weighted by Crippen LogP contribution is 2.29. The minimum absolute atomic E-state index is 0.0350. The van der Waals surface area contributed by atoms with E-state index in [1.54, 1.807) is 25.1 Å². The number of non-ortho nitro benzene ring substituents is 1. The molecule has 8 nitrogen and oxygen atoms in total. The molecular weight excluding hydrogens is 314 g/mol. The summed E-state index contributed by atoms with van der Waals surface area (Å²) in [6, 6.07) is 10.6. The second kappa shape index (κ2) is 5.92. The summed E-state index contributed by atoms with van der Waals surface area (Å²) in [5.74, 6) is -0.866. The summed E-state index contributed by atoms with van der Waals surface area (Å²) in [4.78, 5) is 21.6. The number of aromatic carboxylic acids is 1. The zero-order valence-corrected chi connectivity index (χ0v) is 12.5. The van der Waals surface area contributed by atoms with Gasteiger partial charge >= 0.3 is 5.97 Å². The topological polar surface area (TPSA) is 119 Å². The summed E-state index contributed by atoms with van der Waals surface area (Å²) in [5, 5.41) is 27.8. The zero-order chi connectivity index (χ0) is 17.3. The monoisotopic (exact) mass is 325 g/mol. The van der Waals surface area contributed by atoms with Gasteiger partial charge in [-0.3, -0.25) is 10.1 Å². The lowest BCUT2D eigenvalue weighted by molar-refractivity contribution is -0.384. The van der Waals surface area contributed by atoms with E-state index in [0.29, 0.717) is 16.7 Å². The molecule has 3 rings (SSSR count). The van der Waals surface area contributed by atoms with Gasteiger partial charge in [0.1, 0.15) is 0 Å². The number of aromatic nitrogens is 2. The van der Waals surface area contributed by atoms with Crippen LogP contribution in [-0.4, -0.2) is 26.2 Å². The van der Waals surface area contributed by atoms with Gasteiger partial charge < -0.3 is 9.52 Å². The number of hydrogen-bond donors (Lipinski definition) is 1. The van der Waals surface area contributed by atoms with Crippen molar-refractivity contribution in [1.82, 2.24) is 10.2 Å². The Morgan fingerprint density at radius 3 is 2.42 bits per heavy atom. The third-order valence-corrected chi connectivity index (χ3v) is 3.46. The lowest BCUT2D eigenvalue weighted by atomic mass is 10.1. The number of carboxylic acid groups (broad SMARTS) is 1. The predicted octanol–water partition coefficient (Wildman–Crippen LogP) is 3.32. The molecule has 0 spiro atoms. The van der Waals surface area contributed by atoms with Gasteiger partial charge in [0.15, 0.2) is 0 Å². The maximum absolute atomic E-state index is 11.3. The van der Waals surface area contributed by atoms with Gasteiger partial charge in [-0.25, -0.2) is 4.79 Å². The van der Waals surface area contributed by atoms with E-state index in [-0.39, 0.29) is 23.0 Å². The van der Waals surface area contributed by atoms with E-state index < -0.39 is 10.9 Å². The van der Waals surface area contributed by atoms with Crippen molar-refractivity contribution in [3.8, 4) is 22.9 Å². The normalized spacial score (nSPS) is 10.5. The van der Waals surface area contributed by atoms with Crippen LogP contribution in [0.25, 0.3) is 22.9 Å². The van der Waals surface area contributed by atoms with E-state index >= 15 is 0 Å². The van der Waals surface area contributed by atoms with Crippen LogP contribution in [0.5, 0.6) is 0 Å². The molecule has 0 bridgehead atoms. The highest BCUT2D eigenvalue weighted by molar-refractivity contribution is 5.94. The Morgan fingerprint density at radius 2 is 1.79 bits per heavy atom. The average Bonchev–Trinajstić information content (AvgIpc) is 3.04. The molecule has 1 N–H and O–H groups in total. The number of rotatable bonds is 4. The molecule has 1 aromatic heterocycles. The number of benzene rings is 2. The summed E-state index contributed by atoms with van der Waals surface area (Å²) < 4.78 is 5.57. The second-order valence-electron chi connectivity index (χ2n) is 5.02. The SMILES string of the molecule is Cc1cc([N+](=O)[O-])ccc1-c1nnc(-c2ccccc2C(=O)O)o1. The fraction of sp³-hybridized carbons (Fsp3) is 0.0625. The van der Waals surface area contributed by atoms with Crippen LogP contribution >= 0.6 is 0 Å². The molecule has 24 heavy (non-hydrogen) atoms. The summed E-state index contributed by atoms with van der Waals surface area (Å²) in [6.45, 7) is 1.69. The molecule has 0 amide bonds. The van der Waals surface area contributed by atoms with Crippen LogP contribution in [0.15, 0.2) is 46.9 Å². The maximum Gasteiger partial charge on any atom is 0.336 e. The molecule has 0 aliphatic heterocycles. The molecule has 0 fully saturated rings. The van der Waals surface area contributed by atoms with E-state index in [4.69, 9.17) is 4.42 Å². The quantitative estimate of drug-likeness (QED) is 0.577. The zero-order valence-electron chi connectivity index (χ0n) is 12.5. The van der Waals surface area contributed by atoms with E-state index in [1.165, 1.54) is 24.3 Å². The predicted molar refractivity (Wildman–Crippen MR) is 83.5 cm³/mol.